The number of benzene rings is 3. The number of fused-ring (bicyclic) bond motifs is 2. The van der Waals surface area contributed by atoms with Crippen LogP contribution in [0.4, 0.5) is 0 Å². The van der Waals surface area contributed by atoms with E-state index in [9.17, 15) is 0 Å². The maximum Gasteiger partial charge on any atom is 0.115 e. The molecule has 3 aromatic carbocycles. The first-order valence-corrected chi connectivity index (χ1v) is 8.11. The third kappa shape index (κ3) is 4.75. The van der Waals surface area contributed by atoms with Gasteiger partial charge in [0.25, 0.3) is 0 Å². The summed E-state index contributed by atoms with van der Waals surface area (Å²) in [6.07, 6.45) is 3.90. The number of aromatic hydroxyl groups is 1. The van der Waals surface area contributed by atoms with E-state index < -0.39 is 0 Å². The summed E-state index contributed by atoms with van der Waals surface area (Å²) in [6.45, 7) is 0. The molecule has 2 heterocycles. The molecule has 2 aromatic heterocycles. The average molecular weight is 328 g/mol. The van der Waals surface area contributed by atoms with Crippen molar-refractivity contribution in [2.45, 2.75) is 0 Å². The second-order valence-corrected chi connectivity index (χ2v) is 5.47. The smallest absolute Gasteiger partial charge is 0.115 e. The van der Waals surface area contributed by atoms with Gasteiger partial charge in [-0.25, -0.2) is 0 Å². The summed E-state index contributed by atoms with van der Waals surface area (Å²) in [5.41, 5.74) is 2.41. The Morgan fingerprint density at radius 3 is 1.32 bits per heavy atom. The number of para-hydroxylation sites is 3. The SMILES string of the molecule is Oc1ccccc1.c1ccc2[nH]ccc2c1.c1ccc2[nH]ccc2c1. The van der Waals surface area contributed by atoms with E-state index in [0.717, 1.165) is 0 Å². The standard InChI is InChI=1S/2C8H7N.C6H6O/c2*1-2-4-8-7(3-1)5-6-9-8;7-6-4-2-1-3-5-6/h2*1-6,9H;1-5,7H. The van der Waals surface area contributed by atoms with Crippen molar-refractivity contribution < 1.29 is 5.11 Å². The second-order valence-electron chi connectivity index (χ2n) is 5.47. The van der Waals surface area contributed by atoms with Gasteiger partial charge in [-0.1, -0.05) is 54.6 Å². The number of aromatic amines is 2. The van der Waals surface area contributed by atoms with Crippen molar-refractivity contribution in [3.63, 3.8) is 0 Å². The molecule has 25 heavy (non-hydrogen) atoms. The van der Waals surface area contributed by atoms with Crippen LogP contribution in [0.2, 0.25) is 0 Å². The largest absolute Gasteiger partial charge is 0.508 e. The van der Waals surface area contributed by atoms with Crippen LogP contribution in [-0.2, 0) is 0 Å². The van der Waals surface area contributed by atoms with E-state index in [1.807, 2.05) is 42.7 Å². The van der Waals surface area contributed by atoms with Crippen molar-refractivity contribution in [2.24, 2.45) is 0 Å². The van der Waals surface area contributed by atoms with Gasteiger partial charge in [0.05, 0.1) is 0 Å². The van der Waals surface area contributed by atoms with Crippen molar-refractivity contribution >= 4 is 21.8 Å². The van der Waals surface area contributed by atoms with E-state index in [4.69, 9.17) is 5.11 Å². The lowest BCUT2D eigenvalue weighted by Gasteiger charge is -1.83. The van der Waals surface area contributed by atoms with E-state index in [2.05, 4.69) is 46.4 Å². The van der Waals surface area contributed by atoms with Crippen LogP contribution >= 0.6 is 0 Å². The van der Waals surface area contributed by atoms with Crippen LogP contribution in [0.3, 0.4) is 0 Å². The zero-order valence-electron chi connectivity index (χ0n) is 13.8. The average Bonchev–Trinajstić information content (AvgIpc) is 3.32. The Morgan fingerprint density at radius 1 is 0.480 bits per heavy atom. The molecule has 3 nitrogen and oxygen atoms in total. The maximum absolute atomic E-state index is 8.63. The monoisotopic (exact) mass is 328 g/mol. The number of hydrogen-bond acceptors (Lipinski definition) is 1. The van der Waals surface area contributed by atoms with Crippen LogP contribution < -0.4 is 0 Å². The maximum atomic E-state index is 8.63. The Labute approximate surface area is 146 Å². The summed E-state index contributed by atoms with van der Waals surface area (Å²) in [4.78, 5) is 6.24. The molecule has 0 fully saturated rings. The van der Waals surface area contributed by atoms with E-state index >= 15 is 0 Å². The molecule has 0 aliphatic rings. The molecule has 0 spiro atoms. The molecule has 0 aliphatic heterocycles. The molecule has 0 atom stereocenters. The number of H-pyrrole nitrogens is 2. The van der Waals surface area contributed by atoms with Crippen LogP contribution in [0.1, 0.15) is 0 Å². The van der Waals surface area contributed by atoms with Crippen LogP contribution in [0.5, 0.6) is 5.75 Å². The van der Waals surface area contributed by atoms with Gasteiger partial charge < -0.3 is 15.1 Å². The summed E-state index contributed by atoms with van der Waals surface area (Å²) in [5.74, 6) is 0.322. The Hall–Kier alpha value is -3.46. The normalized spacial score (nSPS) is 9.76. The van der Waals surface area contributed by atoms with Crippen LogP contribution in [0.25, 0.3) is 21.8 Å². The van der Waals surface area contributed by atoms with E-state index in [-0.39, 0.29) is 0 Å². The van der Waals surface area contributed by atoms with Gasteiger partial charge in [-0.3, -0.25) is 0 Å². The van der Waals surface area contributed by atoms with Crippen molar-refractivity contribution in [1.82, 2.24) is 9.97 Å². The van der Waals surface area contributed by atoms with Gasteiger partial charge in [0, 0.05) is 23.4 Å². The number of phenolic OH excluding ortho intramolecular Hbond substituents is 1. The fourth-order valence-corrected chi connectivity index (χ4v) is 2.42. The molecule has 0 amide bonds. The van der Waals surface area contributed by atoms with Crippen LogP contribution in [-0.4, -0.2) is 15.1 Å². The summed E-state index contributed by atoms with van der Waals surface area (Å²) >= 11 is 0. The number of nitrogens with one attached hydrogen (secondary N) is 2. The third-order valence-electron chi connectivity index (χ3n) is 3.68. The molecule has 0 saturated carbocycles. The van der Waals surface area contributed by atoms with Gasteiger partial charge in [0.15, 0.2) is 0 Å². The fourth-order valence-electron chi connectivity index (χ4n) is 2.42. The van der Waals surface area contributed by atoms with Crippen LogP contribution in [0.15, 0.2) is 103 Å². The predicted molar refractivity (Wildman–Crippen MR) is 105 cm³/mol. The lowest BCUT2D eigenvalue weighted by molar-refractivity contribution is 0.475. The summed E-state index contributed by atoms with van der Waals surface area (Å²) < 4.78 is 0. The molecular formula is C22H20N2O. The topological polar surface area (TPSA) is 51.8 Å². The van der Waals surface area contributed by atoms with Gasteiger partial charge in [0.2, 0.25) is 0 Å². The van der Waals surface area contributed by atoms with Gasteiger partial charge in [-0.2, -0.15) is 0 Å². The Balaban J connectivity index is 0.000000111. The highest BCUT2D eigenvalue weighted by molar-refractivity contribution is 5.79. The second kappa shape index (κ2) is 8.41. The minimum atomic E-state index is 0.322. The summed E-state index contributed by atoms with van der Waals surface area (Å²) in [5, 5.41) is 11.2. The molecule has 0 unspecified atom stereocenters. The van der Waals surface area contributed by atoms with Gasteiger partial charge in [0.1, 0.15) is 5.75 Å². The predicted octanol–water partition coefficient (Wildman–Crippen LogP) is 5.73. The molecular weight excluding hydrogens is 308 g/mol. The minimum Gasteiger partial charge on any atom is -0.508 e. The highest BCUT2D eigenvalue weighted by atomic mass is 16.3. The Morgan fingerprint density at radius 2 is 0.920 bits per heavy atom. The Bertz CT molecular complexity index is 889. The van der Waals surface area contributed by atoms with Crippen molar-refractivity contribution in [3.05, 3.63) is 103 Å². The van der Waals surface area contributed by atoms with Crippen molar-refractivity contribution in [2.75, 3.05) is 0 Å². The molecule has 5 rings (SSSR count). The molecule has 124 valence electrons. The van der Waals surface area contributed by atoms with Crippen LogP contribution in [0, 0.1) is 0 Å². The highest BCUT2D eigenvalue weighted by Gasteiger charge is 1.87. The fraction of sp³-hybridized carbons (Fsp3) is 0. The number of hydrogen-bond donors (Lipinski definition) is 3. The molecule has 3 N–H and O–H groups in total. The minimum absolute atomic E-state index is 0.322. The lowest BCUT2D eigenvalue weighted by Crippen LogP contribution is -1.61. The Kier molecular flexibility index (Phi) is 5.52. The highest BCUT2D eigenvalue weighted by Crippen LogP contribution is 2.10. The first-order valence-electron chi connectivity index (χ1n) is 8.11. The van der Waals surface area contributed by atoms with E-state index in [1.165, 1.54) is 21.8 Å². The quantitative estimate of drug-likeness (QED) is 0.334. The molecule has 5 aromatic rings. The summed E-state index contributed by atoms with van der Waals surface area (Å²) in [7, 11) is 0. The van der Waals surface area contributed by atoms with E-state index in [1.54, 1.807) is 24.3 Å². The lowest BCUT2D eigenvalue weighted by atomic mass is 10.3. The summed E-state index contributed by atoms with van der Waals surface area (Å²) in [6, 6.07) is 29.3. The number of rotatable bonds is 0. The molecule has 0 saturated heterocycles. The number of phenols is 1. The van der Waals surface area contributed by atoms with Crippen molar-refractivity contribution in [1.29, 1.82) is 0 Å². The number of aromatic nitrogens is 2. The van der Waals surface area contributed by atoms with Gasteiger partial charge in [-0.05, 0) is 47.2 Å². The molecule has 0 radical (unpaired) electrons. The van der Waals surface area contributed by atoms with Crippen molar-refractivity contribution in [3.8, 4) is 5.75 Å². The molecule has 0 aliphatic carbocycles. The van der Waals surface area contributed by atoms with Gasteiger partial charge >= 0.3 is 0 Å². The first kappa shape index (κ1) is 16.4. The zero-order chi connectivity index (χ0) is 17.3. The van der Waals surface area contributed by atoms with Gasteiger partial charge in [-0.15, -0.1) is 0 Å². The third-order valence-corrected chi connectivity index (χ3v) is 3.68. The van der Waals surface area contributed by atoms with E-state index in [0.29, 0.717) is 5.75 Å². The molecule has 3 heteroatoms. The zero-order valence-corrected chi connectivity index (χ0v) is 13.8. The first-order chi connectivity index (χ1) is 12.3. The molecule has 0 bridgehead atoms.